The maximum Gasteiger partial charge on any atom is 0.333 e. The molecule has 74 valence electrons. The topological polar surface area (TPSA) is 132 Å². The number of carboxylic acid groups (broad SMARTS) is 3. The summed E-state index contributed by atoms with van der Waals surface area (Å²) in [4.78, 5) is 30.5. The Morgan fingerprint density at radius 3 is 1.69 bits per heavy atom. The Morgan fingerprint density at radius 2 is 1.46 bits per heavy atom. The van der Waals surface area contributed by atoms with E-state index in [1.54, 1.807) is 0 Å². The van der Waals surface area contributed by atoms with E-state index < -0.39 is 36.4 Å². The van der Waals surface area contributed by atoms with E-state index in [2.05, 4.69) is 0 Å². The van der Waals surface area contributed by atoms with Crippen molar-refractivity contribution < 1.29 is 34.8 Å². The predicted octanol–water partition coefficient (Wildman–Crippen LogP) is -1.39. The van der Waals surface area contributed by atoms with Gasteiger partial charge in [0.2, 0.25) is 0 Å². The molecule has 4 N–H and O–H groups in total. The summed E-state index contributed by atoms with van der Waals surface area (Å²) >= 11 is 0. The van der Waals surface area contributed by atoms with Gasteiger partial charge in [-0.1, -0.05) is 0 Å². The third kappa shape index (κ3) is 3.52. The zero-order valence-corrected chi connectivity index (χ0v) is 6.38. The normalized spacial score (nSPS) is 14.5. The van der Waals surface area contributed by atoms with Crippen LogP contribution in [0.5, 0.6) is 0 Å². The Kier molecular flexibility index (Phi) is 3.86. The molecule has 0 aromatic heterocycles. The molecule has 0 radical (unpaired) electrons. The van der Waals surface area contributed by atoms with Crippen LogP contribution in [0.15, 0.2) is 0 Å². The number of hydrogen-bond acceptors (Lipinski definition) is 4. The van der Waals surface area contributed by atoms with Crippen molar-refractivity contribution in [2.45, 2.75) is 12.5 Å². The Balaban J connectivity index is 4.51. The molecule has 0 aliphatic rings. The van der Waals surface area contributed by atoms with E-state index in [0.717, 1.165) is 0 Å². The van der Waals surface area contributed by atoms with Crippen LogP contribution < -0.4 is 0 Å². The van der Waals surface area contributed by atoms with Crippen LogP contribution in [0.25, 0.3) is 0 Å². The van der Waals surface area contributed by atoms with Crippen LogP contribution in [0.2, 0.25) is 0 Å². The molecule has 0 spiro atoms. The largest absolute Gasteiger partial charge is 0.481 e. The van der Waals surface area contributed by atoms with Crippen LogP contribution in [-0.4, -0.2) is 44.4 Å². The van der Waals surface area contributed by atoms with Crippen LogP contribution in [-0.2, 0) is 14.4 Å². The van der Waals surface area contributed by atoms with Crippen LogP contribution in [0, 0.1) is 5.92 Å². The summed E-state index contributed by atoms with van der Waals surface area (Å²) in [6.07, 6.45) is -3.13. The zero-order chi connectivity index (χ0) is 10.6. The molecule has 0 aromatic carbocycles. The molecule has 0 heterocycles. The van der Waals surface area contributed by atoms with E-state index in [-0.39, 0.29) is 0 Å². The molecule has 0 rings (SSSR count). The third-order valence-corrected chi connectivity index (χ3v) is 1.35. The zero-order valence-electron chi connectivity index (χ0n) is 6.38. The second-order valence-electron chi connectivity index (χ2n) is 2.33. The summed E-state index contributed by atoms with van der Waals surface area (Å²) < 4.78 is 0. The van der Waals surface area contributed by atoms with Crippen LogP contribution in [0.1, 0.15) is 6.42 Å². The summed E-state index contributed by atoms with van der Waals surface area (Å²) in [6, 6.07) is 0. The number of rotatable bonds is 5. The van der Waals surface area contributed by atoms with Crippen molar-refractivity contribution in [1.29, 1.82) is 0 Å². The van der Waals surface area contributed by atoms with Crippen LogP contribution >= 0.6 is 0 Å². The molecule has 7 nitrogen and oxygen atoms in total. The minimum Gasteiger partial charge on any atom is -0.481 e. The van der Waals surface area contributed by atoms with Gasteiger partial charge in [-0.25, -0.2) is 4.79 Å². The van der Waals surface area contributed by atoms with E-state index in [1.807, 2.05) is 0 Å². The molecule has 7 heteroatoms. The second-order valence-corrected chi connectivity index (χ2v) is 2.33. The van der Waals surface area contributed by atoms with Crippen molar-refractivity contribution in [3.05, 3.63) is 0 Å². The molecular formula is C6H8O7. The molecule has 1 unspecified atom stereocenters. The average molecular weight is 192 g/mol. The quantitative estimate of drug-likeness (QED) is 0.421. The van der Waals surface area contributed by atoms with Crippen LogP contribution in [0.3, 0.4) is 0 Å². The van der Waals surface area contributed by atoms with Gasteiger partial charge in [-0.3, -0.25) is 9.59 Å². The van der Waals surface area contributed by atoms with Gasteiger partial charge >= 0.3 is 17.9 Å². The highest BCUT2D eigenvalue weighted by molar-refractivity contribution is 5.85. The monoisotopic (exact) mass is 192 g/mol. The summed E-state index contributed by atoms with van der Waals surface area (Å²) in [5.74, 6) is -6.71. The Morgan fingerprint density at radius 1 is 1.00 bits per heavy atom. The fourth-order valence-corrected chi connectivity index (χ4v) is 0.694. The number of aliphatic carboxylic acids is 3. The molecule has 0 saturated carbocycles. The van der Waals surface area contributed by atoms with Gasteiger partial charge in [0, 0.05) is 0 Å². The standard InChI is InChI=1S/C6H8O7/c7-3(8)1-2(5(10)11)4(9)6(12)13/h2,4,9H,1H2,(H,7,8)(H,10,11)(H,12,13)/t2?,4-/m0/s1. The first kappa shape index (κ1) is 11.4. The Hall–Kier alpha value is -1.63. The molecule has 0 saturated heterocycles. The highest BCUT2D eigenvalue weighted by atomic mass is 16.4. The minimum atomic E-state index is -2.20. The molecule has 0 aliphatic carbocycles. The summed E-state index contributed by atoms with van der Waals surface area (Å²) in [6.45, 7) is 0. The highest BCUT2D eigenvalue weighted by Crippen LogP contribution is 2.09. The van der Waals surface area contributed by atoms with Gasteiger partial charge in [-0.05, 0) is 0 Å². The van der Waals surface area contributed by atoms with E-state index in [9.17, 15) is 14.4 Å². The van der Waals surface area contributed by atoms with Gasteiger partial charge in [0.1, 0.15) is 5.92 Å². The van der Waals surface area contributed by atoms with Crippen molar-refractivity contribution in [1.82, 2.24) is 0 Å². The smallest absolute Gasteiger partial charge is 0.333 e. The lowest BCUT2D eigenvalue weighted by molar-refractivity contribution is -0.162. The van der Waals surface area contributed by atoms with Gasteiger partial charge in [-0.15, -0.1) is 0 Å². The van der Waals surface area contributed by atoms with Gasteiger partial charge in [0.15, 0.2) is 6.10 Å². The molecule has 0 aliphatic heterocycles. The molecule has 0 fully saturated rings. The molecule has 0 amide bonds. The lowest BCUT2D eigenvalue weighted by Gasteiger charge is -2.12. The Bertz CT molecular complexity index is 233. The van der Waals surface area contributed by atoms with Gasteiger partial charge in [-0.2, -0.15) is 0 Å². The third-order valence-electron chi connectivity index (χ3n) is 1.35. The van der Waals surface area contributed by atoms with E-state index in [1.165, 1.54) is 0 Å². The lowest BCUT2D eigenvalue weighted by atomic mass is 9.99. The fraction of sp³-hybridized carbons (Fsp3) is 0.500. The predicted molar refractivity (Wildman–Crippen MR) is 37.0 cm³/mol. The van der Waals surface area contributed by atoms with Crippen molar-refractivity contribution in [3.8, 4) is 0 Å². The minimum absolute atomic E-state index is 0.928. The summed E-state index contributed by atoms with van der Waals surface area (Å²) in [5.41, 5.74) is 0. The first-order chi connectivity index (χ1) is 5.86. The molecule has 0 aromatic rings. The van der Waals surface area contributed by atoms with Crippen LogP contribution in [0.4, 0.5) is 0 Å². The van der Waals surface area contributed by atoms with Crippen molar-refractivity contribution >= 4 is 17.9 Å². The fourth-order valence-electron chi connectivity index (χ4n) is 0.694. The SMILES string of the molecule is O=C(O)CC(C(=O)O)[C@H](O)C(=O)O. The molecule has 0 bridgehead atoms. The maximum absolute atomic E-state index is 10.3. The van der Waals surface area contributed by atoms with Crippen molar-refractivity contribution in [3.63, 3.8) is 0 Å². The molecule has 13 heavy (non-hydrogen) atoms. The first-order valence-electron chi connectivity index (χ1n) is 3.21. The first-order valence-corrected chi connectivity index (χ1v) is 3.21. The van der Waals surface area contributed by atoms with Gasteiger partial charge in [0.05, 0.1) is 6.42 Å². The van der Waals surface area contributed by atoms with Crippen molar-refractivity contribution in [2.24, 2.45) is 5.92 Å². The number of carboxylic acids is 3. The maximum atomic E-state index is 10.3. The Labute approximate surface area is 72.2 Å². The second kappa shape index (κ2) is 4.41. The summed E-state index contributed by atoms with van der Waals surface area (Å²) in [7, 11) is 0. The van der Waals surface area contributed by atoms with E-state index in [0.29, 0.717) is 0 Å². The number of hydrogen-bond donors (Lipinski definition) is 4. The average Bonchev–Trinajstić information content (AvgIpc) is 1.97. The van der Waals surface area contributed by atoms with E-state index >= 15 is 0 Å². The number of aliphatic hydroxyl groups is 1. The van der Waals surface area contributed by atoms with Gasteiger partial charge in [0.25, 0.3) is 0 Å². The number of aliphatic hydroxyl groups excluding tert-OH is 1. The summed E-state index contributed by atoms with van der Waals surface area (Å²) in [5, 5.41) is 33.5. The lowest BCUT2D eigenvalue weighted by Crippen LogP contribution is -2.36. The molecule has 2 atom stereocenters. The van der Waals surface area contributed by atoms with Crippen molar-refractivity contribution in [2.75, 3.05) is 0 Å². The number of carbonyl (C=O) groups is 3. The van der Waals surface area contributed by atoms with Gasteiger partial charge < -0.3 is 20.4 Å². The highest BCUT2D eigenvalue weighted by Gasteiger charge is 2.33. The molecular weight excluding hydrogens is 184 g/mol. The van der Waals surface area contributed by atoms with E-state index in [4.69, 9.17) is 20.4 Å².